The summed E-state index contributed by atoms with van der Waals surface area (Å²) in [6, 6.07) is 4.68. The lowest BCUT2D eigenvalue weighted by Gasteiger charge is -2.21. The molecule has 7 heteroatoms. The summed E-state index contributed by atoms with van der Waals surface area (Å²) in [5.41, 5.74) is 6.12. The maximum absolute atomic E-state index is 12.7. The minimum Gasteiger partial charge on any atom is -0.492 e. The second-order valence-electron chi connectivity index (χ2n) is 4.51. The van der Waals surface area contributed by atoms with E-state index in [-0.39, 0.29) is 4.90 Å². The standard InChI is InChI=1S/C13H20N2O4S/c1-2-19-12-5-4-11(14)10-13(12)20(16,17)15-6-3-8-18-9-7-15/h4-5,10H,2-3,6-9,14H2,1H3. The molecule has 1 saturated heterocycles. The molecule has 20 heavy (non-hydrogen) atoms. The topological polar surface area (TPSA) is 81.9 Å². The number of rotatable bonds is 4. The summed E-state index contributed by atoms with van der Waals surface area (Å²) in [5, 5.41) is 0. The van der Waals surface area contributed by atoms with Gasteiger partial charge in [-0.25, -0.2) is 8.42 Å². The SMILES string of the molecule is CCOc1ccc(N)cc1S(=O)(=O)N1CCCOCC1. The molecule has 1 fully saturated rings. The van der Waals surface area contributed by atoms with Crippen molar-refractivity contribution in [2.45, 2.75) is 18.2 Å². The molecule has 6 nitrogen and oxygen atoms in total. The lowest BCUT2D eigenvalue weighted by Crippen LogP contribution is -2.33. The van der Waals surface area contributed by atoms with E-state index in [9.17, 15) is 8.42 Å². The Hall–Kier alpha value is -1.31. The Labute approximate surface area is 119 Å². The van der Waals surface area contributed by atoms with Gasteiger partial charge in [-0.1, -0.05) is 0 Å². The van der Waals surface area contributed by atoms with E-state index in [0.717, 1.165) is 0 Å². The molecule has 112 valence electrons. The van der Waals surface area contributed by atoms with Crippen LogP contribution in [0.25, 0.3) is 0 Å². The van der Waals surface area contributed by atoms with Gasteiger partial charge in [0, 0.05) is 25.4 Å². The summed E-state index contributed by atoms with van der Waals surface area (Å²) < 4.78 is 37.6. The number of anilines is 1. The predicted molar refractivity (Wildman–Crippen MR) is 76.2 cm³/mol. The van der Waals surface area contributed by atoms with Gasteiger partial charge in [0.25, 0.3) is 0 Å². The normalized spacial score (nSPS) is 17.6. The predicted octanol–water partition coefficient (Wildman–Crippen LogP) is 1.08. The number of nitrogens with two attached hydrogens (primary N) is 1. The van der Waals surface area contributed by atoms with Crippen LogP contribution in [0.1, 0.15) is 13.3 Å². The van der Waals surface area contributed by atoms with E-state index in [0.29, 0.717) is 50.8 Å². The molecule has 1 aliphatic rings. The van der Waals surface area contributed by atoms with Crippen molar-refractivity contribution in [3.63, 3.8) is 0 Å². The first-order valence-corrected chi connectivity index (χ1v) is 8.10. The molecule has 0 atom stereocenters. The summed E-state index contributed by atoms with van der Waals surface area (Å²) in [6.45, 7) is 4.00. The number of hydrogen-bond acceptors (Lipinski definition) is 5. The summed E-state index contributed by atoms with van der Waals surface area (Å²) in [7, 11) is -3.61. The number of nitrogens with zero attached hydrogens (tertiary/aromatic N) is 1. The van der Waals surface area contributed by atoms with E-state index in [1.807, 2.05) is 6.92 Å². The third-order valence-electron chi connectivity index (χ3n) is 3.07. The molecule has 0 saturated carbocycles. The van der Waals surface area contributed by atoms with Crippen LogP contribution < -0.4 is 10.5 Å². The van der Waals surface area contributed by atoms with Crippen LogP contribution in [0.3, 0.4) is 0 Å². The highest BCUT2D eigenvalue weighted by molar-refractivity contribution is 7.89. The number of ether oxygens (including phenoxy) is 2. The molecule has 1 aliphatic heterocycles. The van der Waals surface area contributed by atoms with E-state index in [4.69, 9.17) is 15.2 Å². The number of sulfonamides is 1. The van der Waals surface area contributed by atoms with Crippen molar-refractivity contribution in [3.8, 4) is 5.75 Å². The molecule has 2 N–H and O–H groups in total. The van der Waals surface area contributed by atoms with Crippen molar-refractivity contribution in [2.24, 2.45) is 0 Å². The van der Waals surface area contributed by atoms with Crippen molar-refractivity contribution in [1.82, 2.24) is 4.31 Å². The molecule has 0 aromatic heterocycles. The minimum atomic E-state index is -3.61. The monoisotopic (exact) mass is 300 g/mol. The summed E-state index contributed by atoms with van der Waals surface area (Å²) >= 11 is 0. The van der Waals surface area contributed by atoms with Crippen LogP contribution in [0.15, 0.2) is 23.1 Å². The van der Waals surface area contributed by atoms with Crippen LogP contribution in [0.4, 0.5) is 5.69 Å². The van der Waals surface area contributed by atoms with Crippen LogP contribution in [0.5, 0.6) is 5.75 Å². The van der Waals surface area contributed by atoms with E-state index in [1.54, 1.807) is 12.1 Å². The zero-order valence-corrected chi connectivity index (χ0v) is 12.4. The third kappa shape index (κ3) is 3.23. The minimum absolute atomic E-state index is 0.126. The molecule has 0 unspecified atom stereocenters. The molecule has 0 bridgehead atoms. The summed E-state index contributed by atoms with van der Waals surface area (Å²) in [4.78, 5) is 0.126. The quantitative estimate of drug-likeness (QED) is 0.841. The van der Waals surface area contributed by atoms with Gasteiger partial charge in [0.05, 0.1) is 13.2 Å². The van der Waals surface area contributed by atoms with Gasteiger partial charge >= 0.3 is 0 Å². The van der Waals surface area contributed by atoms with Gasteiger partial charge < -0.3 is 15.2 Å². The van der Waals surface area contributed by atoms with Crippen molar-refractivity contribution in [1.29, 1.82) is 0 Å². The molecule has 0 aliphatic carbocycles. The maximum atomic E-state index is 12.7. The zero-order valence-electron chi connectivity index (χ0n) is 11.5. The fourth-order valence-electron chi connectivity index (χ4n) is 2.10. The van der Waals surface area contributed by atoms with Gasteiger partial charge in [-0.3, -0.25) is 0 Å². The van der Waals surface area contributed by atoms with Gasteiger partial charge in [-0.15, -0.1) is 0 Å². The van der Waals surface area contributed by atoms with Crippen molar-refractivity contribution < 1.29 is 17.9 Å². The van der Waals surface area contributed by atoms with E-state index in [1.165, 1.54) is 10.4 Å². The molecule has 1 heterocycles. The first-order valence-electron chi connectivity index (χ1n) is 6.66. The summed E-state index contributed by atoms with van der Waals surface area (Å²) in [6.07, 6.45) is 0.686. The second-order valence-corrected chi connectivity index (χ2v) is 6.42. The number of benzene rings is 1. The Morgan fingerprint density at radius 1 is 1.35 bits per heavy atom. The van der Waals surface area contributed by atoms with Gasteiger partial charge in [0.15, 0.2) is 0 Å². The Kier molecular flexibility index (Phi) is 4.85. The number of nitrogen functional groups attached to an aromatic ring is 1. The Morgan fingerprint density at radius 2 is 2.15 bits per heavy atom. The Morgan fingerprint density at radius 3 is 2.90 bits per heavy atom. The van der Waals surface area contributed by atoms with Gasteiger partial charge in [-0.05, 0) is 31.5 Å². The van der Waals surface area contributed by atoms with Gasteiger partial charge in [0.2, 0.25) is 10.0 Å². The second kappa shape index (κ2) is 6.43. The highest BCUT2D eigenvalue weighted by Crippen LogP contribution is 2.29. The largest absolute Gasteiger partial charge is 0.492 e. The molecule has 2 rings (SSSR count). The zero-order chi connectivity index (χ0) is 14.6. The lowest BCUT2D eigenvalue weighted by atomic mass is 10.3. The Balaban J connectivity index is 2.39. The molecular weight excluding hydrogens is 280 g/mol. The number of hydrogen-bond donors (Lipinski definition) is 1. The highest BCUT2D eigenvalue weighted by Gasteiger charge is 2.28. The first kappa shape index (κ1) is 15.1. The van der Waals surface area contributed by atoms with Crippen LogP contribution in [-0.2, 0) is 14.8 Å². The maximum Gasteiger partial charge on any atom is 0.246 e. The molecule has 1 aromatic carbocycles. The first-order chi connectivity index (χ1) is 9.55. The van der Waals surface area contributed by atoms with E-state index < -0.39 is 10.0 Å². The smallest absolute Gasteiger partial charge is 0.246 e. The average molecular weight is 300 g/mol. The highest BCUT2D eigenvalue weighted by atomic mass is 32.2. The van der Waals surface area contributed by atoms with Crippen LogP contribution in [0.2, 0.25) is 0 Å². The molecule has 0 amide bonds. The summed E-state index contributed by atoms with van der Waals surface area (Å²) in [5.74, 6) is 0.340. The van der Waals surface area contributed by atoms with Gasteiger partial charge in [0.1, 0.15) is 10.6 Å². The molecular formula is C13H20N2O4S. The molecule has 0 radical (unpaired) electrons. The van der Waals surface area contributed by atoms with E-state index in [2.05, 4.69) is 0 Å². The van der Waals surface area contributed by atoms with Crippen molar-refractivity contribution in [2.75, 3.05) is 38.6 Å². The van der Waals surface area contributed by atoms with Crippen molar-refractivity contribution in [3.05, 3.63) is 18.2 Å². The average Bonchev–Trinajstić information content (AvgIpc) is 2.70. The fraction of sp³-hybridized carbons (Fsp3) is 0.538. The van der Waals surface area contributed by atoms with Crippen LogP contribution in [0, 0.1) is 0 Å². The van der Waals surface area contributed by atoms with E-state index >= 15 is 0 Å². The fourth-order valence-corrected chi connectivity index (χ4v) is 3.73. The van der Waals surface area contributed by atoms with Crippen molar-refractivity contribution >= 4 is 15.7 Å². The lowest BCUT2D eigenvalue weighted by molar-refractivity contribution is 0.148. The van der Waals surface area contributed by atoms with Gasteiger partial charge in [-0.2, -0.15) is 4.31 Å². The van der Waals surface area contributed by atoms with Crippen LogP contribution >= 0.6 is 0 Å². The van der Waals surface area contributed by atoms with Crippen LogP contribution in [-0.4, -0.2) is 45.6 Å². The third-order valence-corrected chi connectivity index (χ3v) is 4.99. The molecule has 0 spiro atoms. The molecule has 1 aromatic rings. The Bertz CT molecular complexity index is 551.